The Balaban J connectivity index is 3.19. The van der Waals surface area contributed by atoms with Crippen molar-refractivity contribution in [2.75, 3.05) is 19.0 Å². The fourth-order valence-corrected chi connectivity index (χ4v) is 3.77. The van der Waals surface area contributed by atoms with Gasteiger partial charge in [-0.25, -0.2) is 23.0 Å². The largest absolute Gasteiger partial charge is 0.310 e. The second-order valence-corrected chi connectivity index (χ2v) is 6.68. The van der Waals surface area contributed by atoms with E-state index < -0.39 is 37.8 Å². The molecule has 0 fully saturated rings. The molecule has 0 radical (unpaired) electrons. The number of nitrogens with two attached hydrogens (primary N) is 1. The molecule has 1 heterocycles. The molecule has 19 heavy (non-hydrogen) atoms. The molecule has 8 nitrogen and oxygen atoms in total. The highest BCUT2D eigenvalue weighted by atomic mass is 32.2. The molecular formula is C7H10F2N4O4S2. The summed E-state index contributed by atoms with van der Waals surface area (Å²) in [7, 11) is -3.25. The van der Waals surface area contributed by atoms with E-state index in [1.54, 1.807) is 0 Å². The summed E-state index contributed by atoms with van der Waals surface area (Å²) < 4.78 is 48.1. The number of hydrogen-bond acceptors (Lipinski definition) is 7. The number of nitrogens with zero attached hydrogens (tertiary/aromatic N) is 2. The Labute approximate surface area is 111 Å². The topological polar surface area (TPSA) is 119 Å². The van der Waals surface area contributed by atoms with Crippen molar-refractivity contribution < 1.29 is 22.1 Å². The summed E-state index contributed by atoms with van der Waals surface area (Å²) in [5.41, 5.74) is 1.46. The lowest BCUT2D eigenvalue weighted by Gasteiger charge is -2.14. The van der Waals surface area contributed by atoms with Gasteiger partial charge in [-0.2, -0.15) is 4.31 Å². The zero-order valence-electron chi connectivity index (χ0n) is 9.54. The van der Waals surface area contributed by atoms with Gasteiger partial charge in [0.05, 0.1) is 11.5 Å². The van der Waals surface area contributed by atoms with Gasteiger partial charge in [0, 0.05) is 13.1 Å². The molecule has 0 amide bonds. The third kappa shape index (κ3) is 3.34. The predicted octanol–water partition coefficient (Wildman–Crippen LogP) is 0.828. The highest BCUT2D eigenvalue weighted by molar-refractivity contribution is 7.91. The third-order valence-electron chi connectivity index (χ3n) is 2.08. The number of anilines is 1. The van der Waals surface area contributed by atoms with E-state index in [-0.39, 0.29) is 5.00 Å². The van der Waals surface area contributed by atoms with E-state index in [2.05, 4.69) is 0 Å². The van der Waals surface area contributed by atoms with Crippen molar-refractivity contribution in [3.63, 3.8) is 0 Å². The van der Waals surface area contributed by atoms with Crippen LogP contribution in [0.3, 0.4) is 0 Å². The summed E-state index contributed by atoms with van der Waals surface area (Å²) in [4.78, 5) is 9.84. The Morgan fingerprint density at radius 3 is 2.58 bits per heavy atom. The molecule has 0 saturated heterocycles. The average molecular weight is 316 g/mol. The van der Waals surface area contributed by atoms with Crippen LogP contribution in [0.15, 0.2) is 10.3 Å². The van der Waals surface area contributed by atoms with Gasteiger partial charge in [0.15, 0.2) is 5.00 Å². The number of hydrazine groups is 1. The number of nitrogens with one attached hydrogen (secondary N) is 1. The summed E-state index contributed by atoms with van der Waals surface area (Å²) in [5, 5.41) is 10.5. The summed E-state index contributed by atoms with van der Waals surface area (Å²) in [6.45, 7) is -1.00. The van der Waals surface area contributed by atoms with E-state index in [0.29, 0.717) is 15.6 Å². The van der Waals surface area contributed by atoms with Gasteiger partial charge in [0.2, 0.25) is 0 Å². The smallest absolute Gasteiger partial charge is 0.306 e. The lowest BCUT2D eigenvalue weighted by molar-refractivity contribution is -0.383. The van der Waals surface area contributed by atoms with E-state index in [1.165, 1.54) is 0 Å². The van der Waals surface area contributed by atoms with Crippen molar-refractivity contribution in [3.8, 4) is 0 Å². The number of sulfonamides is 1. The van der Waals surface area contributed by atoms with Gasteiger partial charge in [-0.3, -0.25) is 10.1 Å². The van der Waals surface area contributed by atoms with E-state index in [4.69, 9.17) is 5.84 Å². The van der Waals surface area contributed by atoms with Crippen LogP contribution >= 0.6 is 11.3 Å². The normalized spacial score (nSPS) is 12.1. The SMILES string of the molecule is CN(CC(F)F)S(=O)(=O)c1cc([N+](=O)[O-])c(NN)s1. The van der Waals surface area contributed by atoms with E-state index >= 15 is 0 Å². The van der Waals surface area contributed by atoms with Gasteiger partial charge >= 0.3 is 5.69 Å². The second kappa shape index (κ2) is 5.73. The predicted molar refractivity (Wildman–Crippen MR) is 64.6 cm³/mol. The van der Waals surface area contributed by atoms with Crippen LogP contribution in [-0.4, -0.2) is 37.7 Å². The van der Waals surface area contributed by atoms with Gasteiger partial charge in [0.1, 0.15) is 4.21 Å². The summed E-state index contributed by atoms with van der Waals surface area (Å²) >= 11 is 0.498. The molecule has 0 unspecified atom stereocenters. The van der Waals surface area contributed by atoms with Gasteiger partial charge in [-0.15, -0.1) is 0 Å². The summed E-state index contributed by atoms with van der Waals surface area (Å²) in [6.07, 6.45) is -2.85. The Morgan fingerprint density at radius 2 is 2.21 bits per heavy atom. The molecule has 0 aliphatic carbocycles. The average Bonchev–Trinajstić information content (AvgIpc) is 2.72. The van der Waals surface area contributed by atoms with Crippen LogP contribution in [0.4, 0.5) is 19.5 Å². The standard InChI is InChI=1S/C7H10F2N4O4S2/c1-12(3-5(8)9)19(16,17)6-2-4(13(14)15)7(11-10)18-6/h2,5,11H,3,10H2,1H3. The Morgan fingerprint density at radius 1 is 1.63 bits per heavy atom. The van der Waals surface area contributed by atoms with Crippen molar-refractivity contribution in [2.45, 2.75) is 10.6 Å². The molecule has 1 aromatic heterocycles. The Kier molecular flexibility index (Phi) is 4.73. The first-order valence-corrected chi connectivity index (χ1v) is 6.95. The lowest BCUT2D eigenvalue weighted by Crippen LogP contribution is -2.30. The molecule has 12 heteroatoms. The van der Waals surface area contributed by atoms with E-state index in [1.807, 2.05) is 5.43 Å². The molecule has 0 atom stereocenters. The highest BCUT2D eigenvalue weighted by Gasteiger charge is 2.30. The van der Waals surface area contributed by atoms with Crippen LogP contribution in [0.2, 0.25) is 0 Å². The van der Waals surface area contributed by atoms with Gasteiger partial charge in [0.25, 0.3) is 16.4 Å². The van der Waals surface area contributed by atoms with Crippen LogP contribution in [0.1, 0.15) is 0 Å². The first-order valence-electron chi connectivity index (χ1n) is 4.69. The molecule has 1 aromatic rings. The zero-order valence-corrected chi connectivity index (χ0v) is 11.2. The number of thiophene rings is 1. The first-order chi connectivity index (χ1) is 8.70. The van der Waals surface area contributed by atoms with Crippen LogP contribution < -0.4 is 11.3 Å². The van der Waals surface area contributed by atoms with Crippen LogP contribution in [-0.2, 0) is 10.0 Å². The molecule has 108 valence electrons. The molecule has 0 aliphatic rings. The molecule has 0 spiro atoms. The first kappa shape index (κ1) is 15.7. The molecule has 0 saturated carbocycles. The molecule has 0 aliphatic heterocycles. The van der Waals surface area contributed by atoms with E-state index in [9.17, 15) is 27.3 Å². The minimum Gasteiger partial charge on any atom is -0.310 e. The number of nitrogen functional groups attached to an aromatic ring is 1. The van der Waals surface area contributed by atoms with Crippen LogP contribution in [0, 0.1) is 10.1 Å². The fourth-order valence-electron chi connectivity index (χ4n) is 1.17. The fraction of sp³-hybridized carbons (Fsp3) is 0.429. The molecule has 0 bridgehead atoms. The summed E-state index contributed by atoms with van der Waals surface area (Å²) in [5.74, 6) is 5.03. The maximum atomic E-state index is 12.2. The molecule has 3 N–H and O–H groups in total. The number of halogens is 2. The van der Waals surface area contributed by atoms with Crippen molar-refractivity contribution in [1.82, 2.24) is 4.31 Å². The molecular weight excluding hydrogens is 306 g/mol. The van der Waals surface area contributed by atoms with E-state index in [0.717, 1.165) is 13.1 Å². The minimum atomic E-state index is -4.21. The highest BCUT2D eigenvalue weighted by Crippen LogP contribution is 2.37. The number of alkyl halides is 2. The number of nitro groups is 1. The quantitative estimate of drug-likeness (QED) is 0.456. The maximum absolute atomic E-state index is 12.2. The van der Waals surface area contributed by atoms with Crippen molar-refractivity contribution >= 4 is 32.0 Å². The Bertz CT molecular complexity index is 574. The molecule has 1 rings (SSSR count). The van der Waals surface area contributed by atoms with Crippen molar-refractivity contribution in [3.05, 3.63) is 16.2 Å². The maximum Gasteiger partial charge on any atom is 0.306 e. The minimum absolute atomic E-state index is 0.172. The molecule has 0 aromatic carbocycles. The second-order valence-electron chi connectivity index (χ2n) is 3.36. The third-order valence-corrected chi connectivity index (χ3v) is 5.41. The monoisotopic (exact) mass is 316 g/mol. The van der Waals surface area contributed by atoms with Gasteiger partial charge in [-0.1, -0.05) is 11.3 Å². The number of hydrogen-bond donors (Lipinski definition) is 2. The van der Waals surface area contributed by atoms with Gasteiger partial charge < -0.3 is 5.43 Å². The van der Waals surface area contributed by atoms with Crippen LogP contribution in [0.25, 0.3) is 0 Å². The summed E-state index contributed by atoms with van der Waals surface area (Å²) in [6, 6.07) is 0.775. The Hall–Kier alpha value is -1.37. The van der Waals surface area contributed by atoms with Gasteiger partial charge in [-0.05, 0) is 0 Å². The van der Waals surface area contributed by atoms with Crippen molar-refractivity contribution in [1.29, 1.82) is 0 Å². The number of rotatable bonds is 6. The van der Waals surface area contributed by atoms with Crippen LogP contribution in [0.5, 0.6) is 0 Å². The lowest BCUT2D eigenvalue weighted by atomic mass is 10.5. The van der Waals surface area contributed by atoms with Crippen molar-refractivity contribution in [2.24, 2.45) is 5.84 Å². The zero-order chi connectivity index (χ0) is 14.8.